The number of hydrogen-bond acceptors (Lipinski definition) is 3. The molecule has 0 aliphatic rings. The van der Waals surface area contributed by atoms with Crippen LogP contribution in [0.1, 0.15) is 38.3 Å². The van der Waals surface area contributed by atoms with Gasteiger partial charge in [0, 0.05) is 18.7 Å². The number of halogens is 2. The maximum Gasteiger partial charge on any atom is 0.0991 e. The minimum absolute atomic E-state index is 0.185. The van der Waals surface area contributed by atoms with Crippen LogP contribution in [-0.2, 0) is 0 Å². The zero-order valence-corrected chi connectivity index (χ0v) is 11.8. The van der Waals surface area contributed by atoms with Crippen LogP contribution in [0, 0.1) is 0 Å². The van der Waals surface area contributed by atoms with Crippen LogP contribution in [0.5, 0.6) is 0 Å². The molecule has 0 saturated heterocycles. The van der Waals surface area contributed by atoms with Crippen molar-refractivity contribution in [3.05, 3.63) is 20.3 Å². The van der Waals surface area contributed by atoms with E-state index in [0.29, 0.717) is 6.04 Å². The van der Waals surface area contributed by atoms with Crippen LogP contribution in [0.25, 0.3) is 0 Å². The summed E-state index contributed by atoms with van der Waals surface area (Å²) >= 11 is 13.4. The predicted octanol–water partition coefficient (Wildman–Crippen LogP) is 3.87. The second-order valence-electron chi connectivity index (χ2n) is 3.93. The van der Waals surface area contributed by atoms with Crippen molar-refractivity contribution in [2.75, 3.05) is 6.61 Å². The molecule has 1 aromatic rings. The summed E-state index contributed by atoms with van der Waals surface area (Å²) in [6.45, 7) is 4.42. The first-order valence-electron chi connectivity index (χ1n) is 5.36. The van der Waals surface area contributed by atoms with Crippen LogP contribution in [0.2, 0.25) is 8.67 Å². The average molecular weight is 282 g/mol. The van der Waals surface area contributed by atoms with E-state index in [-0.39, 0.29) is 12.6 Å². The van der Waals surface area contributed by atoms with E-state index in [1.807, 2.05) is 6.07 Å². The minimum atomic E-state index is 0.185. The lowest BCUT2D eigenvalue weighted by atomic mass is 10.1. The third-order valence-corrected chi connectivity index (χ3v) is 4.00. The highest BCUT2D eigenvalue weighted by Gasteiger charge is 2.14. The molecular formula is C11H17Cl2NOS. The smallest absolute Gasteiger partial charge is 0.0991 e. The number of thiophene rings is 1. The lowest BCUT2D eigenvalue weighted by Gasteiger charge is -2.19. The molecule has 0 fully saturated rings. The van der Waals surface area contributed by atoms with Gasteiger partial charge >= 0.3 is 0 Å². The highest BCUT2D eigenvalue weighted by Crippen LogP contribution is 2.34. The van der Waals surface area contributed by atoms with Crippen LogP contribution >= 0.6 is 34.5 Å². The molecule has 1 aromatic heterocycles. The van der Waals surface area contributed by atoms with E-state index < -0.39 is 0 Å². The van der Waals surface area contributed by atoms with Gasteiger partial charge in [0.15, 0.2) is 0 Å². The highest BCUT2D eigenvalue weighted by atomic mass is 35.5. The quantitative estimate of drug-likeness (QED) is 0.830. The molecule has 5 heteroatoms. The first kappa shape index (κ1) is 14.3. The number of nitrogens with one attached hydrogen (secondary N) is 1. The number of rotatable bonds is 6. The van der Waals surface area contributed by atoms with E-state index in [2.05, 4.69) is 19.2 Å². The van der Waals surface area contributed by atoms with Gasteiger partial charge in [-0.25, -0.2) is 0 Å². The Morgan fingerprint density at radius 1 is 1.44 bits per heavy atom. The Labute approximate surface area is 111 Å². The molecule has 16 heavy (non-hydrogen) atoms. The van der Waals surface area contributed by atoms with Crippen molar-refractivity contribution in [3.63, 3.8) is 0 Å². The van der Waals surface area contributed by atoms with Gasteiger partial charge in [0.25, 0.3) is 0 Å². The molecule has 2 N–H and O–H groups in total. The van der Waals surface area contributed by atoms with Crippen molar-refractivity contribution in [2.45, 2.75) is 38.8 Å². The summed E-state index contributed by atoms with van der Waals surface area (Å²) in [6, 6.07) is 2.45. The molecule has 0 radical (unpaired) electrons. The van der Waals surface area contributed by atoms with Gasteiger partial charge in [-0.05, 0) is 38.3 Å². The first-order valence-corrected chi connectivity index (χ1v) is 6.93. The van der Waals surface area contributed by atoms with Crippen LogP contribution < -0.4 is 5.32 Å². The van der Waals surface area contributed by atoms with Gasteiger partial charge in [-0.1, -0.05) is 23.2 Å². The number of aliphatic hydroxyl groups excluding tert-OH is 1. The molecule has 0 spiro atoms. The molecular weight excluding hydrogens is 265 g/mol. The molecule has 92 valence electrons. The zero-order chi connectivity index (χ0) is 12.1. The Morgan fingerprint density at radius 2 is 2.12 bits per heavy atom. The SMILES string of the molecule is CC(CCCO)NC(C)c1cc(Cl)sc1Cl. The maximum atomic E-state index is 8.75. The van der Waals surface area contributed by atoms with E-state index in [1.54, 1.807) is 0 Å². The van der Waals surface area contributed by atoms with E-state index in [9.17, 15) is 0 Å². The van der Waals surface area contributed by atoms with Crippen molar-refractivity contribution in [3.8, 4) is 0 Å². The third-order valence-electron chi connectivity index (χ3n) is 2.48. The summed E-state index contributed by atoms with van der Waals surface area (Å²) in [6.07, 6.45) is 1.77. The highest BCUT2D eigenvalue weighted by molar-refractivity contribution is 7.20. The van der Waals surface area contributed by atoms with Gasteiger partial charge in [0.05, 0.1) is 8.67 Å². The summed E-state index contributed by atoms with van der Waals surface area (Å²) in [5.74, 6) is 0. The Morgan fingerprint density at radius 3 is 2.62 bits per heavy atom. The van der Waals surface area contributed by atoms with E-state index in [4.69, 9.17) is 28.3 Å². The third kappa shape index (κ3) is 4.22. The summed E-state index contributed by atoms with van der Waals surface area (Å²) in [4.78, 5) is 0. The van der Waals surface area contributed by atoms with Gasteiger partial charge in [-0.15, -0.1) is 11.3 Å². The van der Waals surface area contributed by atoms with E-state index in [1.165, 1.54) is 11.3 Å². The van der Waals surface area contributed by atoms with Crippen molar-refractivity contribution in [1.29, 1.82) is 0 Å². The second kappa shape index (κ2) is 6.82. The van der Waals surface area contributed by atoms with Crippen LogP contribution in [0.3, 0.4) is 0 Å². The molecule has 2 unspecified atom stereocenters. The van der Waals surface area contributed by atoms with Crippen LogP contribution in [-0.4, -0.2) is 17.8 Å². The summed E-state index contributed by atoms with van der Waals surface area (Å²) < 4.78 is 1.47. The summed E-state index contributed by atoms with van der Waals surface area (Å²) in [5, 5.41) is 12.2. The lowest BCUT2D eigenvalue weighted by molar-refractivity contribution is 0.274. The largest absolute Gasteiger partial charge is 0.396 e. The van der Waals surface area contributed by atoms with Gasteiger partial charge in [-0.2, -0.15) is 0 Å². The molecule has 1 heterocycles. The fourth-order valence-corrected chi connectivity index (χ4v) is 3.29. The Balaban J connectivity index is 2.51. The normalized spacial score (nSPS) is 15.1. The van der Waals surface area contributed by atoms with Crippen molar-refractivity contribution < 1.29 is 5.11 Å². The van der Waals surface area contributed by atoms with E-state index in [0.717, 1.165) is 27.1 Å². The van der Waals surface area contributed by atoms with Crippen LogP contribution in [0.15, 0.2) is 6.07 Å². The van der Waals surface area contributed by atoms with Crippen LogP contribution in [0.4, 0.5) is 0 Å². The van der Waals surface area contributed by atoms with Gasteiger partial charge in [-0.3, -0.25) is 0 Å². The molecule has 0 amide bonds. The molecule has 1 rings (SSSR count). The average Bonchev–Trinajstić information content (AvgIpc) is 2.54. The lowest BCUT2D eigenvalue weighted by Crippen LogP contribution is -2.29. The zero-order valence-electron chi connectivity index (χ0n) is 9.46. The molecule has 2 atom stereocenters. The molecule has 2 nitrogen and oxygen atoms in total. The molecule has 0 aromatic carbocycles. The topological polar surface area (TPSA) is 32.3 Å². The van der Waals surface area contributed by atoms with Gasteiger partial charge in [0.1, 0.15) is 0 Å². The van der Waals surface area contributed by atoms with Gasteiger partial charge < -0.3 is 10.4 Å². The predicted molar refractivity (Wildman–Crippen MR) is 71.7 cm³/mol. The summed E-state index contributed by atoms with van der Waals surface area (Å²) in [5.41, 5.74) is 1.05. The van der Waals surface area contributed by atoms with E-state index >= 15 is 0 Å². The summed E-state index contributed by atoms with van der Waals surface area (Å²) in [7, 11) is 0. The molecule has 0 bridgehead atoms. The minimum Gasteiger partial charge on any atom is -0.396 e. The Kier molecular flexibility index (Phi) is 6.08. The fourth-order valence-electron chi connectivity index (χ4n) is 1.65. The Bertz CT molecular complexity index is 330. The Hall–Kier alpha value is 0.200. The van der Waals surface area contributed by atoms with Crippen molar-refractivity contribution in [2.24, 2.45) is 0 Å². The molecule has 0 saturated carbocycles. The molecule has 0 aliphatic carbocycles. The molecule has 0 aliphatic heterocycles. The monoisotopic (exact) mass is 281 g/mol. The van der Waals surface area contributed by atoms with Crippen molar-refractivity contribution in [1.82, 2.24) is 5.32 Å². The fraction of sp³-hybridized carbons (Fsp3) is 0.636. The second-order valence-corrected chi connectivity index (χ2v) is 6.22. The van der Waals surface area contributed by atoms with Gasteiger partial charge in [0.2, 0.25) is 0 Å². The first-order chi connectivity index (χ1) is 7.54. The standard InChI is InChI=1S/C11H17Cl2NOS/c1-7(4-3-5-15)14-8(2)9-6-10(12)16-11(9)13/h6-8,14-15H,3-5H2,1-2H3. The van der Waals surface area contributed by atoms with Crippen molar-refractivity contribution >= 4 is 34.5 Å². The maximum absolute atomic E-state index is 8.75. The number of hydrogen-bond donors (Lipinski definition) is 2. The number of aliphatic hydroxyl groups is 1.